The molecule has 0 aliphatic heterocycles. The second-order valence-corrected chi connectivity index (χ2v) is 1.21. The molecule has 1 radical (unpaired) electrons. The van der Waals surface area contributed by atoms with E-state index in [2.05, 4.69) is 13.8 Å². The minimum Gasteiger partial charge on any atom is -0.0654 e. The Morgan fingerprint density at radius 3 is 2.00 bits per heavy atom. The van der Waals surface area contributed by atoms with E-state index in [0.717, 1.165) is 6.42 Å². The van der Waals surface area contributed by atoms with Crippen molar-refractivity contribution in [3.05, 3.63) is 6.92 Å². The fourth-order valence-corrected chi connectivity index (χ4v) is 0.250. The number of rotatable bonds is 2. The first-order valence-electron chi connectivity index (χ1n) is 2.21. The van der Waals surface area contributed by atoms with E-state index in [4.69, 9.17) is 0 Å². The molecule has 0 aromatic heterocycles. The minimum absolute atomic E-state index is 0. The van der Waals surface area contributed by atoms with Gasteiger partial charge in [-0.05, 0) is 0 Å². The van der Waals surface area contributed by atoms with Crippen LogP contribution in [0.25, 0.3) is 0 Å². The Kier molecular flexibility index (Phi) is 14.8. The standard InChI is InChI=1S/C5H11.Al.3H/c1-3-5-4-2;;;;/h1,3-5H2,2H3;;;;. The zero-order valence-electron chi connectivity index (χ0n) is 3.83. The molecule has 0 aromatic rings. The number of unbranched alkanes of at least 4 members (excludes halogenated alkanes) is 2. The van der Waals surface area contributed by atoms with Crippen molar-refractivity contribution in [2.45, 2.75) is 26.2 Å². The lowest BCUT2D eigenvalue weighted by atomic mass is 10.3. The summed E-state index contributed by atoms with van der Waals surface area (Å²) in [5.41, 5.74) is 0. The summed E-state index contributed by atoms with van der Waals surface area (Å²) in [7, 11) is 0. The SMILES string of the molecule is [AlH3].[CH2]CCCC. The van der Waals surface area contributed by atoms with Crippen LogP contribution in [0.2, 0.25) is 0 Å². The highest BCUT2D eigenvalue weighted by Crippen LogP contribution is 1.87. The maximum Gasteiger partial charge on any atom is 0.187 e. The van der Waals surface area contributed by atoms with Gasteiger partial charge in [-0.2, -0.15) is 0 Å². The van der Waals surface area contributed by atoms with Gasteiger partial charge in [0.2, 0.25) is 0 Å². The molecule has 0 heterocycles. The molecule has 0 aliphatic rings. The molecule has 0 amide bonds. The molecule has 0 bridgehead atoms. The highest BCUT2D eigenvalue weighted by atomic mass is 27.0. The average molecular weight is 101 g/mol. The summed E-state index contributed by atoms with van der Waals surface area (Å²) < 4.78 is 0. The van der Waals surface area contributed by atoms with Crippen molar-refractivity contribution < 1.29 is 0 Å². The van der Waals surface area contributed by atoms with Crippen LogP contribution in [0.1, 0.15) is 26.2 Å². The minimum atomic E-state index is 0. The van der Waals surface area contributed by atoms with Gasteiger partial charge in [0.1, 0.15) is 0 Å². The van der Waals surface area contributed by atoms with Crippen LogP contribution in [0.15, 0.2) is 0 Å². The Hall–Kier alpha value is 0.532. The van der Waals surface area contributed by atoms with Gasteiger partial charge in [-0.1, -0.05) is 33.1 Å². The normalized spacial score (nSPS) is 7.00. The molecule has 0 N–H and O–H groups in total. The first-order valence-corrected chi connectivity index (χ1v) is 2.21. The summed E-state index contributed by atoms with van der Waals surface area (Å²) in [4.78, 5) is 0. The van der Waals surface area contributed by atoms with Crippen LogP contribution >= 0.6 is 0 Å². The molecular formula is C5H14Al. The predicted octanol–water partition coefficient (Wildman–Crippen LogP) is 0.827. The van der Waals surface area contributed by atoms with Gasteiger partial charge in [-0.3, -0.25) is 0 Å². The maximum atomic E-state index is 3.68. The Morgan fingerprint density at radius 1 is 1.50 bits per heavy atom. The molecule has 0 saturated carbocycles. The van der Waals surface area contributed by atoms with Gasteiger partial charge in [-0.15, -0.1) is 0 Å². The van der Waals surface area contributed by atoms with Crippen LogP contribution in [0, 0.1) is 6.92 Å². The van der Waals surface area contributed by atoms with Gasteiger partial charge in [0.15, 0.2) is 17.4 Å². The Morgan fingerprint density at radius 2 is 2.00 bits per heavy atom. The van der Waals surface area contributed by atoms with E-state index in [1.165, 1.54) is 12.8 Å². The Labute approximate surface area is 51.1 Å². The van der Waals surface area contributed by atoms with Crippen molar-refractivity contribution in [3.8, 4) is 0 Å². The monoisotopic (exact) mass is 101 g/mol. The second-order valence-electron chi connectivity index (χ2n) is 1.21. The van der Waals surface area contributed by atoms with Gasteiger partial charge in [0.25, 0.3) is 0 Å². The number of hydrogen-bond acceptors (Lipinski definition) is 0. The summed E-state index contributed by atoms with van der Waals surface area (Å²) in [6.45, 7) is 5.85. The molecule has 0 atom stereocenters. The molecule has 0 spiro atoms. The van der Waals surface area contributed by atoms with Crippen LogP contribution in [0.5, 0.6) is 0 Å². The van der Waals surface area contributed by atoms with E-state index in [1.54, 1.807) is 0 Å². The average Bonchev–Trinajstić information content (AvgIpc) is 1.41. The van der Waals surface area contributed by atoms with Crippen molar-refractivity contribution >= 4 is 17.4 Å². The smallest absolute Gasteiger partial charge is 0.0654 e. The quantitative estimate of drug-likeness (QED) is 0.452. The van der Waals surface area contributed by atoms with E-state index >= 15 is 0 Å². The van der Waals surface area contributed by atoms with Crippen LogP contribution < -0.4 is 0 Å². The molecule has 0 fully saturated rings. The molecule has 0 unspecified atom stereocenters. The van der Waals surface area contributed by atoms with Gasteiger partial charge in [-0.25, -0.2) is 0 Å². The molecular weight excluding hydrogens is 87.0 g/mol. The van der Waals surface area contributed by atoms with Crippen LogP contribution in [0.3, 0.4) is 0 Å². The van der Waals surface area contributed by atoms with E-state index in [-0.39, 0.29) is 17.4 Å². The molecule has 37 valence electrons. The van der Waals surface area contributed by atoms with E-state index in [0.29, 0.717) is 0 Å². The lowest BCUT2D eigenvalue weighted by Crippen LogP contribution is -1.59. The molecule has 1 heteroatoms. The highest BCUT2D eigenvalue weighted by Gasteiger charge is 1.68. The third-order valence-corrected chi connectivity index (χ3v) is 0.604. The van der Waals surface area contributed by atoms with Gasteiger partial charge in [0, 0.05) is 0 Å². The third-order valence-electron chi connectivity index (χ3n) is 0.604. The molecule has 6 heavy (non-hydrogen) atoms. The van der Waals surface area contributed by atoms with E-state index in [1.807, 2.05) is 0 Å². The molecule has 0 aliphatic carbocycles. The van der Waals surface area contributed by atoms with Crippen LogP contribution in [0.4, 0.5) is 0 Å². The number of hydrogen-bond donors (Lipinski definition) is 0. The van der Waals surface area contributed by atoms with Crippen molar-refractivity contribution in [2.75, 3.05) is 0 Å². The van der Waals surface area contributed by atoms with Gasteiger partial charge >= 0.3 is 0 Å². The summed E-state index contributed by atoms with van der Waals surface area (Å²) in [6, 6.07) is 0. The van der Waals surface area contributed by atoms with Gasteiger partial charge < -0.3 is 0 Å². The fraction of sp³-hybridized carbons (Fsp3) is 0.800. The first kappa shape index (κ1) is 9.73. The lowest BCUT2D eigenvalue weighted by molar-refractivity contribution is 0.813. The Balaban J connectivity index is 0. The van der Waals surface area contributed by atoms with Crippen molar-refractivity contribution in [2.24, 2.45) is 0 Å². The molecule has 0 rings (SSSR count). The van der Waals surface area contributed by atoms with Gasteiger partial charge in [0.05, 0.1) is 0 Å². The van der Waals surface area contributed by atoms with E-state index in [9.17, 15) is 0 Å². The lowest BCUT2D eigenvalue weighted by Gasteiger charge is -1.79. The summed E-state index contributed by atoms with van der Waals surface area (Å²) in [5.74, 6) is 0. The predicted molar refractivity (Wildman–Crippen MR) is 34.8 cm³/mol. The zero-order valence-corrected chi connectivity index (χ0v) is 3.83. The Bertz CT molecular complexity index is 11.4. The summed E-state index contributed by atoms with van der Waals surface area (Å²) in [5, 5.41) is 0. The van der Waals surface area contributed by atoms with E-state index < -0.39 is 0 Å². The van der Waals surface area contributed by atoms with Crippen LogP contribution in [-0.4, -0.2) is 17.4 Å². The fourth-order valence-electron chi connectivity index (χ4n) is 0.250. The van der Waals surface area contributed by atoms with Crippen molar-refractivity contribution in [1.29, 1.82) is 0 Å². The zero-order chi connectivity index (χ0) is 4.12. The third kappa shape index (κ3) is 8.82. The largest absolute Gasteiger partial charge is 0.187 e. The molecule has 0 aromatic carbocycles. The van der Waals surface area contributed by atoms with Crippen molar-refractivity contribution in [3.63, 3.8) is 0 Å². The second kappa shape index (κ2) is 9.11. The first-order chi connectivity index (χ1) is 2.41. The summed E-state index contributed by atoms with van der Waals surface area (Å²) >= 11 is 0. The summed E-state index contributed by atoms with van der Waals surface area (Å²) in [6.07, 6.45) is 3.65. The molecule has 0 nitrogen and oxygen atoms in total. The maximum absolute atomic E-state index is 3.68. The molecule has 0 saturated heterocycles. The topological polar surface area (TPSA) is 0 Å². The van der Waals surface area contributed by atoms with Crippen LogP contribution in [-0.2, 0) is 0 Å². The highest BCUT2D eigenvalue weighted by molar-refractivity contribution is 5.75. The van der Waals surface area contributed by atoms with Crippen molar-refractivity contribution in [1.82, 2.24) is 0 Å².